The standard InChI is InChI=1S/C32H37F3N6O3.C2H6/c1-19-6-7-23(22(4)37-19)24-8-9-41-27(24)15-25(30(42)36-16-26-29(44-5)14-20(2)38-31(26)43)21(3)28(41)17-39-10-12-40(13-11-39)18-32(33,34)35;1-2/h6-9,14-15H,10-13,16-18H2,1-5H3,(H,36,42)(H,38,43);1-2H3. The first-order valence-corrected chi connectivity index (χ1v) is 15.5. The number of aromatic amines is 1. The maximum Gasteiger partial charge on any atom is 0.401 e. The van der Waals surface area contributed by atoms with Crippen LogP contribution in [0.2, 0.25) is 0 Å². The number of piperazine rings is 1. The summed E-state index contributed by atoms with van der Waals surface area (Å²) in [6.45, 7) is 12.6. The summed E-state index contributed by atoms with van der Waals surface area (Å²) in [6.07, 6.45) is -2.27. The molecule has 4 aromatic rings. The molecular weight excluding hydrogens is 597 g/mol. The molecule has 2 N–H and O–H groups in total. The van der Waals surface area contributed by atoms with Crippen LogP contribution in [0.15, 0.2) is 41.3 Å². The topological polar surface area (TPSA) is 95.0 Å². The molecule has 1 saturated heterocycles. The molecule has 12 heteroatoms. The fourth-order valence-electron chi connectivity index (χ4n) is 5.91. The maximum atomic E-state index is 13.7. The minimum absolute atomic E-state index is 0.0341. The number of aryl methyl sites for hydroxylation is 3. The Morgan fingerprint density at radius 2 is 1.67 bits per heavy atom. The minimum Gasteiger partial charge on any atom is -0.496 e. The van der Waals surface area contributed by atoms with Gasteiger partial charge in [0.05, 0.1) is 31.3 Å². The number of nitrogens with one attached hydrogen (secondary N) is 2. The van der Waals surface area contributed by atoms with Gasteiger partial charge in [0.1, 0.15) is 5.75 Å². The number of hydrogen-bond acceptors (Lipinski definition) is 6. The fourth-order valence-corrected chi connectivity index (χ4v) is 5.91. The van der Waals surface area contributed by atoms with Crippen molar-refractivity contribution in [3.63, 3.8) is 0 Å². The molecule has 9 nitrogen and oxygen atoms in total. The lowest BCUT2D eigenvalue weighted by Crippen LogP contribution is -2.48. The van der Waals surface area contributed by atoms with E-state index in [1.807, 2.05) is 65.1 Å². The van der Waals surface area contributed by atoms with Crippen LogP contribution in [0.1, 0.15) is 58.1 Å². The molecule has 0 atom stereocenters. The fraction of sp³-hybridized carbons (Fsp3) is 0.441. The zero-order valence-corrected chi connectivity index (χ0v) is 27.6. The van der Waals surface area contributed by atoms with Gasteiger partial charge in [-0.1, -0.05) is 19.9 Å². The van der Waals surface area contributed by atoms with Gasteiger partial charge in [-0.3, -0.25) is 24.4 Å². The van der Waals surface area contributed by atoms with Crippen LogP contribution in [0.4, 0.5) is 13.2 Å². The zero-order valence-electron chi connectivity index (χ0n) is 27.6. The molecular formula is C34H43F3N6O3. The molecule has 0 unspecified atom stereocenters. The van der Waals surface area contributed by atoms with E-state index in [0.29, 0.717) is 55.3 Å². The number of alkyl halides is 3. The van der Waals surface area contributed by atoms with Crippen molar-refractivity contribution in [1.82, 2.24) is 29.5 Å². The van der Waals surface area contributed by atoms with Crippen LogP contribution in [0.5, 0.6) is 5.75 Å². The molecule has 1 amide bonds. The number of carbonyl (C=O) groups is 1. The van der Waals surface area contributed by atoms with Crippen LogP contribution >= 0.6 is 0 Å². The van der Waals surface area contributed by atoms with Gasteiger partial charge in [0.15, 0.2) is 0 Å². The third-order valence-corrected chi connectivity index (χ3v) is 8.21. The molecule has 0 aromatic carbocycles. The van der Waals surface area contributed by atoms with E-state index >= 15 is 0 Å². The van der Waals surface area contributed by atoms with Crippen molar-refractivity contribution < 1.29 is 22.7 Å². The monoisotopic (exact) mass is 640 g/mol. The highest BCUT2D eigenvalue weighted by Gasteiger charge is 2.32. The second-order valence-electron chi connectivity index (χ2n) is 11.4. The second kappa shape index (κ2) is 14.5. The molecule has 1 aliphatic heterocycles. The van der Waals surface area contributed by atoms with Crippen molar-refractivity contribution >= 4 is 11.4 Å². The Morgan fingerprint density at radius 1 is 1.00 bits per heavy atom. The van der Waals surface area contributed by atoms with Crippen LogP contribution in [0, 0.1) is 27.7 Å². The number of rotatable bonds is 8. The van der Waals surface area contributed by atoms with Crippen molar-refractivity contribution in [2.24, 2.45) is 0 Å². The lowest BCUT2D eigenvalue weighted by molar-refractivity contribution is -0.149. The summed E-state index contributed by atoms with van der Waals surface area (Å²) in [5.41, 5.74) is 7.11. The Labute approximate surface area is 267 Å². The molecule has 0 spiro atoms. The summed E-state index contributed by atoms with van der Waals surface area (Å²) >= 11 is 0. The Balaban J connectivity index is 0.00000235. The van der Waals surface area contributed by atoms with Crippen LogP contribution in [0.25, 0.3) is 16.6 Å². The molecule has 1 fully saturated rings. The molecule has 46 heavy (non-hydrogen) atoms. The van der Waals surface area contributed by atoms with E-state index in [1.165, 1.54) is 12.0 Å². The minimum atomic E-state index is -4.23. The molecule has 5 heterocycles. The molecule has 0 radical (unpaired) electrons. The van der Waals surface area contributed by atoms with Gasteiger partial charge in [-0.15, -0.1) is 0 Å². The van der Waals surface area contributed by atoms with Gasteiger partial charge >= 0.3 is 6.18 Å². The summed E-state index contributed by atoms with van der Waals surface area (Å²) in [7, 11) is 1.48. The second-order valence-corrected chi connectivity index (χ2v) is 11.4. The summed E-state index contributed by atoms with van der Waals surface area (Å²) in [5, 5.41) is 2.90. The number of pyridine rings is 3. The van der Waals surface area contributed by atoms with Crippen molar-refractivity contribution in [3.8, 4) is 16.9 Å². The number of amides is 1. The molecule has 5 rings (SSSR count). The Morgan fingerprint density at radius 3 is 2.30 bits per heavy atom. The number of fused-ring (bicyclic) bond motifs is 1. The van der Waals surface area contributed by atoms with E-state index in [0.717, 1.165) is 39.3 Å². The van der Waals surface area contributed by atoms with Gasteiger partial charge in [-0.05, 0) is 57.5 Å². The van der Waals surface area contributed by atoms with Crippen molar-refractivity contribution in [1.29, 1.82) is 0 Å². The number of carbonyl (C=O) groups excluding carboxylic acids is 1. The van der Waals surface area contributed by atoms with Gasteiger partial charge in [0.25, 0.3) is 11.5 Å². The normalized spacial score (nSPS) is 14.2. The van der Waals surface area contributed by atoms with E-state index in [2.05, 4.69) is 24.6 Å². The van der Waals surface area contributed by atoms with E-state index in [9.17, 15) is 22.8 Å². The predicted molar refractivity (Wildman–Crippen MR) is 173 cm³/mol. The van der Waals surface area contributed by atoms with Gasteiger partial charge < -0.3 is 19.4 Å². The average molecular weight is 641 g/mol. The van der Waals surface area contributed by atoms with E-state index < -0.39 is 12.7 Å². The molecule has 0 saturated carbocycles. The Bertz CT molecular complexity index is 1750. The van der Waals surface area contributed by atoms with E-state index in [1.54, 1.807) is 13.0 Å². The Kier molecular flexibility index (Phi) is 10.9. The summed E-state index contributed by atoms with van der Waals surface area (Å²) in [6, 6.07) is 9.51. The third kappa shape index (κ3) is 7.79. The van der Waals surface area contributed by atoms with E-state index in [-0.39, 0.29) is 18.0 Å². The number of methoxy groups -OCH3 is 1. The number of halogens is 3. The summed E-state index contributed by atoms with van der Waals surface area (Å²) in [5.74, 6) is 0.0366. The van der Waals surface area contributed by atoms with Gasteiger partial charge in [0, 0.05) is 78.4 Å². The number of aromatic nitrogens is 3. The molecule has 0 aliphatic carbocycles. The van der Waals surface area contributed by atoms with Crippen molar-refractivity contribution in [2.75, 3.05) is 39.8 Å². The highest BCUT2D eigenvalue weighted by molar-refractivity contribution is 5.98. The lowest BCUT2D eigenvalue weighted by Gasteiger charge is -2.35. The number of H-pyrrole nitrogens is 1. The number of hydrogen-bond donors (Lipinski definition) is 2. The smallest absolute Gasteiger partial charge is 0.401 e. The first kappa shape index (κ1) is 34.7. The highest BCUT2D eigenvalue weighted by atomic mass is 19.4. The largest absolute Gasteiger partial charge is 0.496 e. The van der Waals surface area contributed by atoms with Crippen LogP contribution < -0.4 is 15.6 Å². The van der Waals surface area contributed by atoms with Gasteiger partial charge in [0.2, 0.25) is 0 Å². The van der Waals surface area contributed by atoms with E-state index in [4.69, 9.17) is 4.74 Å². The van der Waals surface area contributed by atoms with Crippen molar-refractivity contribution in [2.45, 2.75) is 60.8 Å². The van der Waals surface area contributed by atoms with Crippen molar-refractivity contribution in [3.05, 3.63) is 86.3 Å². The number of nitrogens with zero attached hydrogens (tertiary/aromatic N) is 4. The quantitative estimate of drug-likeness (QED) is 0.262. The van der Waals surface area contributed by atoms with Gasteiger partial charge in [-0.25, -0.2) is 0 Å². The Hall–Kier alpha value is -4.16. The first-order chi connectivity index (χ1) is 21.8. The average Bonchev–Trinajstić information content (AvgIpc) is 3.42. The maximum absolute atomic E-state index is 13.7. The van der Waals surface area contributed by atoms with Crippen LogP contribution in [-0.4, -0.2) is 76.1 Å². The number of ether oxygens (including phenoxy) is 1. The highest BCUT2D eigenvalue weighted by Crippen LogP contribution is 2.32. The summed E-state index contributed by atoms with van der Waals surface area (Å²) < 4.78 is 46.3. The molecule has 0 bridgehead atoms. The predicted octanol–water partition coefficient (Wildman–Crippen LogP) is 5.57. The lowest BCUT2D eigenvalue weighted by atomic mass is 10.0. The molecule has 248 valence electrons. The summed E-state index contributed by atoms with van der Waals surface area (Å²) in [4.78, 5) is 37.3. The first-order valence-electron chi connectivity index (χ1n) is 15.5. The van der Waals surface area contributed by atoms with Crippen LogP contribution in [0.3, 0.4) is 0 Å². The molecule has 4 aromatic heterocycles. The molecule has 1 aliphatic rings. The zero-order chi connectivity index (χ0) is 33.8. The van der Waals surface area contributed by atoms with Gasteiger partial charge in [-0.2, -0.15) is 13.2 Å². The van der Waals surface area contributed by atoms with Crippen LogP contribution in [-0.2, 0) is 13.1 Å². The SMILES string of the molecule is CC.COc1cc(C)[nH]c(=O)c1CNC(=O)c1cc2c(-c3ccc(C)nc3C)ccn2c(CN2CCN(CC(F)(F)F)CC2)c1C. The third-order valence-electron chi connectivity index (χ3n) is 8.21.